The normalized spacial score (nSPS) is 14.9. The fourth-order valence-electron chi connectivity index (χ4n) is 2.50. The molecule has 0 bridgehead atoms. The molecular weight excluding hydrogens is 389 g/mol. The molecule has 2 aromatic rings. The molecule has 9 heteroatoms. The average molecular weight is 402 g/mol. The number of nitrogens with zero attached hydrogens (tertiary/aromatic N) is 2. The first-order valence-corrected chi connectivity index (χ1v) is 8.20. The standard InChI is InChI=1S/C20H13F3N2O4/c1-27-17-11-12(2-7-16(17)28-9-8-24)10-15-19(26)29-18(25-15)13-3-5-14(6-4-13)20(21,22)23/h2-7,10-11H,9H2,1H3/b15-10-. The number of hydrogen-bond acceptors (Lipinski definition) is 6. The van der Waals surface area contributed by atoms with Gasteiger partial charge in [0.15, 0.2) is 23.8 Å². The van der Waals surface area contributed by atoms with Gasteiger partial charge in [0.1, 0.15) is 6.07 Å². The van der Waals surface area contributed by atoms with Crippen LogP contribution >= 0.6 is 0 Å². The first-order chi connectivity index (χ1) is 13.8. The van der Waals surface area contributed by atoms with Gasteiger partial charge in [-0.15, -0.1) is 0 Å². The Hall–Kier alpha value is -3.80. The Morgan fingerprint density at radius 2 is 1.90 bits per heavy atom. The van der Waals surface area contributed by atoms with Crippen LogP contribution in [0.5, 0.6) is 11.5 Å². The Bertz CT molecular complexity index is 1040. The number of benzene rings is 2. The van der Waals surface area contributed by atoms with Gasteiger partial charge in [-0.3, -0.25) is 0 Å². The van der Waals surface area contributed by atoms with E-state index in [0.29, 0.717) is 17.1 Å². The Morgan fingerprint density at radius 1 is 1.17 bits per heavy atom. The van der Waals surface area contributed by atoms with E-state index in [9.17, 15) is 18.0 Å². The van der Waals surface area contributed by atoms with Gasteiger partial charge in [-0.2, -0.15) is 18.4 Å². The van der Waals surface area contributed by atoms with E-state index in [4.69, 9.17) is 19.5 Å². The molecule has 0 atom stereocenters. The van der Waals surface area contributed by atoms with Crippen LogP contribution in [0.15, 0.2) is 53.2 Å². The molecule has 0 fully saturated rings. The fourth-order valence-corrected chi connectivity index (χ4v) is 2.50. The lowest BCUT2D eigenvalue weighted by atomic mass is 10.1. The summed E-state index contributed by atoms with van der Waals surface area (Å²) in [6.07, 6.45) is -3.02. The quantitative estimate of drug-likeness (QED) is 0.559. The molecule has 0 aliphatic carbocycles. The highest BCUT2D eigenvalue weighted by molar-refractivity contribution is 6.12. The maximum Gasteiger partial charge on any atom is 0.416 e. The number of aliphatic imine (C=N–C) groups is 1. The van der Waals surface area contributed by atoms with Crippen molar-refractivity contribution >= 4 is 17.9 Å². The number of cyclic esters (lactones) is 1. The molecule has 0 N–H and O–H groups in total. The molecular formula is C20H13F3N2O4. The minimum absolute atomic E-state index is 0.0207. The van der Waals surface area contributed by atoms with Gasteiger partial charge in [0.05, 0.1) is 12.7 Å². The Kier molecular flexibility index (Phi) is 5.54. The average Bonchev–Trinajstić information content (AvgIpc) is 3.06. The zero-order chi connectivity index (χ0) is 21.0. The summed E-state index contributed by atoms with van der Waals surface area (Å²) in [7, 11) is 1.43. The van der Waals surface area contributed by atoms with Gasteiger partial charge >= 0.3 is 12.1 Å². The van der Waals surface area contributed by atoms with Gasteiger partial charge in [0, 0.05) is 5.56 Å². The molecule has 1 aliphatic rings. The van der Waals surface area contributed by atoms with Crippen LogP contribution in [0.25, 0.3) is 6.08 Å². The second kappa shape index (κ2) is 8.06. The third-order valence-electron chi connectivity index (χ3n) is 3.86. The topological polar surface area (TPSA) is 80.9 Å². The van der Waals surface area contributed by atoms with Crippen molar-refractivity contribution in [1.29, 1.82) is 5.26 Å². The second-order valence-corrected chi connectivity index (χ2v) is 5.77. The van der Waals surface area contributed by atoms with E-state index < -0.39 is 17.7 Å². The fraction of sp³-hybridized carbons (Fsp3) is 0.150. The highest BCUT2D eigenvalue weighted by Gasteiger charge is 2.31. The minimum Gasteiger partial charge on any atom is -0.493 e. The molecule has 2 aromatic carbocycles. The van der Waals surface area contributed by atoms with E-state index in [1.807, 2.05) is 6.07 Å². The predicted octanol–water partition coefficient (Wildman–Crippen LogP) is 3.96. The molecule has 1 heterocycles. The van der Waals surface area contributed by atoms with Crippen molar-refractivity contribution in [1.82, 2.24) is 0 Å². The largest absolute Gasteiger partial charge is 0.493 e. The van der Waals surface area contributed by atoms with Crippen LogP contribution in [0.4, 0.5) is 13.2 Å². The molecule has 6 nitrogen and oxygen atoms in total. The SMILES string of the molecule is COc1cc(/C=C2\N=C(c3ccc(C(F)(F)F)cc3)OC2=O)ccc1OCC#N. The third-order valence-corrected chi connectivity index (χ3v) is 3.86. The first kappa shape index (κ1) is 19.9. The number of hydrogen-bond donors (Lipinski definition) is 0. The van der Waals surface area contributed by atoms with Crippen LogP contribution in [0.1, 0.15) is 16.7 Å². The van der Waals surface area contributed by atoms with E-state index >= 15 is 0 Å². The van der Waals surface area contributed by atoms with Gasteiger partial charge in [-0.25, -0.2) is 9.79 Å². The summed E-state index contributed by atoms with van der Waals surface area (Å²) in [6, 6.07) is 10.8. The third kappa shape index (κ3) is 4.55. The van der Waals surface area contributed by atoms with E-state index in [-0.39, 0.29) is 23.8 Å². The molecule has 29 heavy (non-hydrogen) atoms. The Labute approximate surface area is 163 Å². The number of esters is 1. The molecule has 0 aromatic heterocycles. The zero-order valence-corrected chi connectivity index (χ0v) is 15.0. The summed E-state index contributed by atoms with van der Waals surface area (Å²) in [6.45, 7) is -0.149. The molecule has 0 saturated heterocycles. The second-order valence-electron chi connectivity index (χ2n) is 5.77. The number of rotatable bonds is 5. The monoisotopic (exact) mass is 402 g/mol. The van der Waals surface area contributed by atoms with Gasteiger partial charge in [-0.05, 0) is 48.0 Å². The van der Waals surface area contributed by atoms with Crippen molar-refractivity contribution in [3.8, 4) is 17.6 Å². The summed E-state index contributed by atoms with van der Waals surface area (Å²) >= 11 is 0. The Balaban J connectivity index is 1.86. The predicted molar refractivity (Wildman–Crippen MR) is 96.2 cm³/mol. The van der Waals surface area contributed by atoms with E-state index in [1.54, 1.807) is 18.2 Å². The summed E-state index contributed by atoms with van der Waals surface area (Å²) in [5, 5.41) is 8.59. The summed E-state index contributed by atoms with van der Waals surface area (Å²) in [5.41, 5.74) is -0.0384. The van der Waals surface area contributed by atoms with Crippen LogP contribution in [0, 0.1) is 11.3 Å². The number of methoxy groups -OCH3 is 1. The summed E-state index contributed by atoms with van der Waals surface area (Å²) < 4.78 is 53.5. The molecule has 0 saturated carbocycles. The number of carbonyl (C=O) groups is 1. The number of halogens is 3. The molecule has 0 radical (unpaired) electrons. The number of carbonyl (C=O) groups excluding carboxylic acids is 1. The lowest BCUT2D eigenvalue weighted by molar-refractivity contribution is -0.137. The van der Waals surface area contributed by atoms with Gasteiger partial charge in [0.2, 0.25) is 5.90 Å². The number of nitriles is 1. The van der Waals surface area contributed by atoms with E-state index in [2.05, 4.69) is 4.99 Å². The summed E-state index contributed by atoms with van der Waals surface area (Å²) in [5.74, 6) is -0.105. The van der Waals surface area contributed by atoms with Gasteiger partial charge in [0.25, 0.3) is 0 Å². The lowest BCUT2D eigenvalue weighted by Crippen LogP contribution is -2.08. The van der Waals surface area contributed by atoms with Crippen molar-refractivity contribution in [2.75, 3.05) is 13.7 Å². The lowest BCUT2D eigenvalue weighted by Gasteiger charge is -2.08. The molecule has 148 valence electrons. The van der Waals surface area contributed by atoms with Gasteiger partial charge < -0.3 is 14.2 Å². The molecule has 1 aliphatic heterocycles. The van der Waals surface area contributed by atoms with Crippen molar-refractivity contribution in [2.24, 2.45) is 4.99 Å². The highest BCUT2D eigenvalue weighted by atomic mass is 19.4. The highest BCUT2D eigenvalue weighted by Crippen LogP contribution is 2.31. The van der Waals surface area contributed by atoms with Crippen LogP contribution < -0.4 is 9.47 Å². The molecule has 0 spiro atoms. The number of alkyl halides is 3. The Morgan fingerprint density at radius 3 is 2.52 bits per heavy atom. The minimum atomic E-state index is -4.46. The maximum atomic E-state index is 12.7. The van der Waals surface area contributed by atoms with Crippen LogP contribution in [-0.4, -0.2) is 25.6 Å². The van der Waals surface area contributed by atoms with E-state index in [1.165, 1.54) is 25.3 Å². The first-order valence-electron chi connectivity index (χ1n) is 8.20. The molecule has 0 amide bonds. The number of ether oxygens (including phenoxy) is 3. The zero-order valence-electron chi connectivity index (χ0n) is 15.0. The van der Waals surface area contributed by atoms with Crippen molar-refractivity contribution < 1.29 is 32.2 Å². The van der Waals surface area contributed by atoms with Gasteiger partial charge in [-0.1, -0.05) is 6.07 Å². The van der Waals surface area contributed by atoms with Crippen LogP contribution in [-0.2, 0) is 15.7 Å². The molecule has 3 rings (SSSR count). The van der Waals surface area contributed by atoms with Crippen molar-refractivity contribution in [3.05, 3.63) is 64.9 Å². The van der Waals surface area contributed by atoms with Crippen LogP contribution in [0.2, 0.25) is 0 Å². The smallest absolute Gasteiger partial charge is 0.416 e. The summed E-state index contributed by atoms with van der Waals surface area (Å²) in [4.78, 5) is 16.1. The van der Waals surface area contributed by atoms with Crippen molar-refractivity contribution in [2.45, 2.75) is 6.18 Å². The van der Waals surface area contributed by atoms with Crippen molar-refractivity contribution in [3.63, 3.8) is 0 Å². The van der Waals surface area contributed by atoms with E-state index in [0.717, 1.165) is 12.1 Å². The maximum absolute atomic E-state index is 12.7. The van der Waals surface area contributed by atoms with Crippen LogP contribution in [0.3, 0.4) is 0 Å². The molecule has 0 unspecified atom stereocenters.